The molecule has 0 saturated carbocycles. The van der Waals surface area contributed by atoms with Gasteiger partial charge in [0, 0.05) is 12.0 Å². The molecule has 1 aromatic rings. The van der Waals surface area contributed by atoms with Gasteiger partial charge in [0.1, 0.15) is 4.47 Å². The molecule has 2 rings (SSSR count). The summed E-state index contributed by atoms with van der Waals surface area (Å²) in [7, 11) is 1.52. The third-order valence-corrected chi connectivity index (χ3v) is 3.63. The number of esters is 1. The lowest BCUT2D eigenvalue weighted by molar-refractivity contribution is -0.127. The summed E-state index contributed by atoms with van der Waals surface area (Å²) in [5.74, 6) is 0.272. The summed E-state index contributed by atoms with van der Waals surface area (Å²) < 4.78 is 11.5. The standard InChI is InChI=1S/C10H7Br2NO4/c1-16-9-5(11)2-4-3-6(13-15)10(14)17-8(4)7(9)12/h2,15H,3H2,1H3/b13-6-. The number of carbonyl (C=O) groups is 1. The van der Waals surface area contributed by atoms with E-state index in [1.165, 1.54) is 7.11 Å². The molecule has 0 atom stereocenters. The van der Waals surface area contributed by atoms with E-state index < -0.39 is 5.97 Å². The Morgan fingerprint density at radius 2 is 2.24 bits per heavy atom. The van der Waals surface area contributed by atoms with Crippen molar-refractivity contribution in [3.63, 3.8) is 0 Å². The molecule has 1 aliphatic rings. The van der Waals surface area contributed by atoms with Crippen LogP contribution in [-0.4, -0.2) is 24.0 Å². The monoisotopic (exact) mass is 363 g/mol. The molecular weight excluding hydrogens is 358 g/mol. The van der Waals surface area contributed by atoms with Crippen LogP contribution in [0.5, 0.6) is 11.5 Å². The van der Waals surface area contributed by atoms with Crippen LogP contribution in [0, 0.1) is 0 Å². The van der Waals surface area contributed by atoms with E-state index in [9.17, 15) is 4.79 Å². The third-order valence-electron chi connectivity index (χ3n) is 2.32. The second-order valence-electron chi connectivity index (χ2n) is 3.31. The van der Waals surface area contributed by atoms with E-state index in [4.69, 9.17) is 14.7 Å². The molecule has 7 heteroatoms. The van der Waals surface area contributed by atoms with Crippen LogP contribution in [0.2, 0.25) is 0 Å². The molecule has 0 amide bonds. The first-order chi connectivity index (χ1) is 8.08. The molecule has 90 valence electrons. The first-order valence-electron chi connectivity index (χ1n) is 4.56. The van der Waals surface area contributed by atoms with Crippen molar-refractivity contribution in [1.29, 1.82) is 0 Å². The van der Waals surface area contributed by atoms with Gasteiger partial charge in [0.05, 0.1) is 11.6 Å². The average Bonchev–Trinajstić information content (AvgIpc) is 2.30. The lowest BCUT2D eigenvalue weighted by Crippen LogP contribution is -2.28. The molecule has 0 aliphatic carbocycles. The fraction of sp³-hybridized carbons (Fsp3) is 0.200. The first kappa shape index (κ1) is 12.4. The van der Waals surface area contributed by atoms with Gasteiger partial charge in [-0.2, -0.15) is 0 Å². The normalized spacial score (nSPS) is 16.6. The molecule has 1 aliphatic heterocycles. The molecule has 5 nitrogen and oxygen atoms in total. The molecule has 0 spiro atoms. The Labute approximate surface area is 114 Å². The smallest absolute Gasteiger partial charge is 0.361 e. The van der Waals surface area contributed by atoms with E-state index in [0.29, 0.717) is 16.0 Å². The molecule has 0 radical (unpaired) electrons. The van der Waals surface area contributed by atoms with Crippen molar-refractivity contribution in [3.05, 3.63) is 20.6 Å². The Morgan fingerprint density at radius 3 is 2.82 bits per heavy atom. The van der Waals surface area contributed by atoms with Crippen LogP contribution in [0.15, 0.2) is 20.2 Å². The minimum atomic E-state index is -0.662. The number of nitrogens with zero attached hydrogens (tertiary/aromatic N) is 1. The number of halogens is 2. The average molecular weight is 365 g/mol. The number of ether oxygens (including phenoxy) is 2. The quantitative estimate of drug-likeness (QED) is 0.360. The SMILES string of the molecule is COc1c(Br)cc2c(c1Br)OC(=O)/C(=N\O)C2. The Balaban J connectivity index is 2.59. The topological polar surface area (TPSA) is 68.1 Å². The lowest BCUT2D eigenvalue weighted by Gasteiger charge is -2.19. The largest absolute Gasteiger partial charge is 0.494 e. The maximum atomic E-state index is 11.4. The molecule has 0 unspecified atom stereocenters. The molecule has 17 heavy (non-hydrogen) atoms. The van der Waals surface area contributed by atoms with E-state index >= 15 is 0 Å². The summed E-state index contributed by atoms with van der Waals surface area (Å²) in [5.41, 5.74) is 0.707. The van der Waals surface area contributed by atoms with Crippen LogP contribution < -0.4 is 9.47 Å². The molecule has 0 fully saturated rings. The van der Waals surface area contributed by atoms with Gasteiger partial charge in [0.25, 0.3) is 0 Å². The van der Waals surface area contributed by atoms with Crippen molar-refractivity contribution in [1.82, 2.24) is 0 Å². The summed E-state index contributed by atoms with van der Waals surface area (Å²) in [5, 5.41) is 11.6. The second kappa shape index (κ2) is 4.66. The van der Waals surface area contributed by atoms with Gasteiger partial charge >= 0.3 is 5.97 Å². The maximum absolute atomic E-state index is 11.4. The summed E-state index contributed by atoms with van der Waals surface area (Å²) in [6, 6.07) is 1.76. The molecular formula is C10H7Br2NO4. The lowest BCUT2D eigenvalue weighted by atomic mass is 10.0. The zero-order valence-corrected chi connectivity index (χ0v) is 11.8. The molecule has 1 N–H and O–H groups in total. The van der Waals surface area contributed by atoms with Crippen LogP contribution in [0.3, 0.4) is 0 Å². The van der Waals surface area contributed by atoms with Crippen LogP contribution >= 0.6 is 31.9 Å². The van der Waals surface area contributed by atoms with Gasteiger partial charge in [-0.05, 0) is 37.9 Å². The zero-order valence-electron chi connectivity index (χ0n) is 8.66. The van der Waals surface area contributed by atoms with E-state index in [-0.39, 0.29) is 12.1 Å². The fourth-order valence-electron chi connectivity index (χ4n) is 1.54. The molecule has 0 saturated heterocycles. The highest BCUT2D eigenvalue weighted by Crippen LogP contribution is 2.44. The summed E-state index contributed by atoms with van der Waals surface area (Å²) in [6.07, 6.45) is 0.214. The number of oxime groups is 1. The third kappa shape index (κ3) is 2.04. The number of rotatable bonds is 1. The van der Waals surface area contributed by atoms with E-state index in [2.05, 4.69) is 37.0 Å². The minimum Gasteiger partial charge on any atom is -0.494 e. The minimum absolute atomic E-state index is 0.0264. The van der Waals surface area contributed by atoms with Gasteiger partial charge < -0.3 is 14.7 Å². The Bertz CT molecular complexity index is 528. The van der Waals surface area contributed by atoms with Crippen molar-refractivity contribution in [2.24, 2.45) is 5.16 Å². The van der Waals surface area contributed by atoms with Gasteiger partial charge in [-0.15, -0.1) is 0 Å². The number of methoxy groups -OCH3 is 1. The van der Waals surface area contributed by atoms with Crippen LogP contribution in [0.1, 0.15) is 5.56 Å². The van der Waals surface area contributed by atoms with Crippen LogP contribution in [-0.2, 0) is 11.2 Å². The van der Waals surface area contributed by atoms with Gasteiger partial charge in [0.15, 0.2) is 17.2 Å². The van der Waals surface area contributed by atoms with Crippen LogP contribution in [0.4, 0.5) is 0 Å². The van der Waals surface area contributed by atoms with Crippen molar-refractivity contribution in [2.45, 2.75) is 6.42 Å². The number of hydrogen-bond acceptors (Lipinski definition) is 5. The van der Waals surface area contributed by atoms with Gasteiger partial charge in [-0.25, -0.2) is 4.79 Å². The number of carbonyl (C=O) groups excluding carboxylic acids is 1. The van der Waals surface area contributed by atoms with E-state index in [0.717, 1.165) is 10.0 Å². The fourth-order valence-corrected chi connectivity index (χ4v) is 3.16. The molecule has 1 aromatic carbocycles. The molecule has 0 bridgehead atoms. The highest BCUT2D eigenvalue weighted by atomic mass is 79.9. The van der Waals surface area contributed by atoms with Crippen molar-refractivity contribution in [3.8, 4) is 11.5 Å². The summed E-state index contributed by atoms with van der Waals surface area (Å²) in [4.78, 5) is 11.4. The highest BCUT2D eigenvalue weighted by molar-refractivity contribution is 9.11. The van der Waals surface area contributed by atoms with Crippen molar-refractivity contribution >= 4 is 43.5 Å². The molecule has 0 aromatic heterocycles. The first-order valence-corrected chi connectivity index (χ1v) is 6.15. The van der Waals surface area contributed by atoms with Gasteiger partial charge in [-0.3, -0.25) is 0 Å². The van der Waals surface area contributed by atoms with Gasteiger partial charge in [0.2, 0.25) is 0 Å². The number of fused-ring (bicyclic) bond motifs is 1. The van der Waals surface area contributed by atoms with Crippen LogP contribution in [0.25, 0.3) is 0 Å². The Kier molecular flexibility index (Phi) is 3.39. The van der Waals surface area contributed by atoms with E-state index in [1.807, 2.05) is 0 Å². The Morgan fingerprint density at radius 1 is 1.53 bits per heavy atom. The number of hydrogen-bond donors (Lipinski definition) is 1. The maximum Gasteiger partial charge on any atom is 0.361 e. The summed E-state index contributed by atoms with van der Waals surface area (Å²) in [6.45, 7) is 0. The van der Waals surface area contributed by atoms with Crippen molar-refractivity contribution in [2.75, 3.05) is 7.11 Å². The second-order valence-corrected chi connectivity index (χ2v) is 4.95. The zero-order chi connectivity index (χ0) is 12.6. The van der Waals surface area contributed by atoms with E-state index in [1.54, 1.807) is 6.07 Å². The van der Waals surface area contributed by atoms with Crippen molar-refractivity contribution < 1.29 is 19.5 Å². The molecule has 1 heterocycles. The highest BCUT2D eigenvalue weighted by Gasteiger charge is 2.29. The predicted molar refractivity (Wildman–Crippen MR) is 67.0 cm³/mol. The Hall–Kier alpha value is -1.08. The van der Waals surface area contributed by atoms with Gasteiger partial charge in [-0.1, -0.05) is 5.16 Å². The predicted octanol–water partition coefficient (Wildman–Crippen LogP) is 2.51. The number of benzene rings is 1. The summed E-state index contributed by atoms with van der Waals surface area (Å²) >= 11 is 6.66.